The third-order valence-corrected chi connectivity index (χ3v) is 1.99. The van der Waals surface area contributed by atoms with Crippen LogP contribution in [0.2, 0.25) is 0 Å². The minimum absolute atomic E-state index is 0.207. The Morgan fingerprint density at radius 2 is 2.44 bits per heavy atom. The van der Waals surface area contributed by atoms with Crippen molar-refractivity contribution < 1.29 is 19.6 Å². The molecule has 1 N–H and O–H groups in total. The summed E-state index contributed by atoms with van der Waals surface area (Å²) in [5, 5.41) is 22.9. The lowest BCUT2D eigenvalue weighted by atomic mass is 10.4. The van der Waals surface area contributed by atoms with Gasteiger partial charge in [0.15, 0.2) is 0 Å². The van der Waals surface area contributed by atoms with E-state index in [0.717, 1.165) is 6.20 Å². The second-order valence-corrected chi connectivity index (χ2v) is 3.19. The molecule has 1 heterocycles. The fourth-order valence-corrected chi connectivity index (χ4v) is 1.13. The van der Waals surface area contributed by atoms with Crippen LogP contribution >= 0.6 is 0 Å². The molecule has 0 aromatic carbocycles. The lowest BCUT2D eigenvalue weighted by Crippen LogP contribution is -2.15. The highest BCUT2D eigenvalue weighted by Gasteiger charge is 2.25. The van der Waals surface area contributed by atoms with Gasteiger partial charge in [0, 0.05) is 7.11 Å². The Hall–Kier alpha value is -1.96. The van der Waals surface area contributed by atoms with E-state index >= 15 is 0 Å². The van der Waals surface area contributed by atoms with Crippen LogP contribution in [0.4, 0.5) is 5.69 Å². The number of nitrogens with zero attached hydrogens (tertiary/aromatic N) is 3. The molecule has 8 heteroatoms. The Balaban J connectivity index is 3.02. The van der Waals surface area contributed by atoms with Crippen LogP contribution in [0.15, 0.2) is 6.20 Å². The molecule has 0 radical (unpaired) electrons. The number of aromatic carboxylic acids is 1. The van der Waals surface area contributed by atoms with E-state index in [1.54, 1.807) is 6.92 Å². The van der Waals surface area contributed by atoms with Crippen LogP contribution in [0.5, 0.6) is 0 Å². The molecule has 1 aromatic rings. The van der Waals surface area contributed by atoms with E-state index in [-0.39, 0.29) is 12.6 Å². The Labute approximate surface area is 90.6 Å². The van der Waals surface area contributed by atoms with Crippen molar-refractivity contribution >= 4 is 11.7 Å². The first-order chi connectivity index (χ1) is 7.45. The van der Waals surface area contributed by atoms with Gasteiger partial charge in [-0.3, -0.25) is 14.8 Å². The summed E-state index contributed by atoms with van der Waals surface area (Å²) in [6, 6.07) is 0. The van der Waals surface area contributed by atoms with Gasteiger partial charge in [-0.25, -0.2) is 4.79 Å². The molecule has 16 heavy (non-hydrogen) atoms. The fraction of sp³-hybridized carbons (Fsp3) is 0.500. The van der Waals surface area contributed by atoms with Crippen molar-refractivity contribution in [1.29, 1.82) is 0 Å². The van der Waals surface area contributed by atoms with Crippen molar-refractivity contribution in [2.45, 2.75) is 19.6 Å². The Morgan fingerprint density at radius 1 is 1.81 bits per heavy atom. The van der Waals surface area contributed by atoms with Crippen LogP contribution in [0.3, 0.4) is 0 Å². The third-order valence-electron chi connectivity index (χ3n) is 1.99. The predicted molar refractivity (Wildman–Crippen MR) is 52.3 cm³/mol. The van der Waals surface area contributed by atoms with Crippen LogP contribution in [0, 0.1) is 10.1 Å². The highest BCUT2D eigenvalue weighted by Crippen LogP contribution is 2.16. The molecule has 1 rings (SSSR count). The molecule has 0 bridgehead atoms. The van der Waals surface area contributed by atoms with E-state index in [4.69, 9.17) is 9.84 Å². The Morgan fingerprint density at radius 3 is 2.81 bits per heavy atom. The van der Waals surface area contributed by atoms with Crippen molar-refractivity contribution in [1.82, 2.24) is 9.78 Å². The summed E-state index contributed by atoms with van der Waals surface area (Å²) >= 11 is 0. The number of ether oxygens (including phenoxy) is 1. The van der Waals surface area contributed by atoms with Crippen molar-refractivity contribution in [2.75, 3.05) is 7.11 Å². The van der Waals surface area contributed by atoms with Crippen LogP contribution in [-0.2, 0) is 11.3 Å². The minimum atomic E-state index is -1.42. The molecule has 88 valence electrons. The number of carboxylic acids is 1. The SMILES string of the molecule is COC(C)Cn1cc([N+](=O)[O-])c(C(=O)O)n1. The van der Waals surface area contributed by atoms with Gasteiger partial charge in [0.05, 0.1) is 17.6 Å². The number of carbonyl (C=O) groups is 1. The monoisotopic (exact) mass is 229 g/mol. The summed E-state index contributed by atoms with van der Waals surface area (Å²) in [5.74, 6) is -1.42. The highest BCUT2D eigenvalue weighted by atomic mass is 16.6. The number of hydrogen-bond donors (Lipinski definition) is 1. The van der Waals surface area contributed by atoms with Gasteiger partial charge in [0.2, 0.25) is 5.69 Å². The van der Waals surface area contributed by atoms with Crippen LogP contribution < -0.4 is 0 Å². The summed E-state index contributed by atoms with van der Waals surface area (Å²) in [7, 11) is 1.49. The molecule has 0 saturated heterocycles. The topological polar surface area (TPSA) is 107 Å². The van der Waals surface area contributed by atoms with Gasteiger partial charge in [0.1, 0.15) is 6.20 Å². The van der Waals surface area contributed by atoms with Gasteiger partial charge < -0.3 is 9.84 Å². The first-order valence-corrected chi connectivity index (χ1v) is 4.43. The van der Waals surface area contributed by atoms with E-state index in [9.17, 15) is 14.9 Å². The first kappa shape index (κ1) is 12.1. The molecule has 1 unspecified atom stereocenters. The maximum Gasteiger partial charge on any atom is 0.363 e. The van der Waals surface area contributed by atoms with Gasteiger partial charge in [-0.2, -0.15) is 5.10 Å². The summed E-state index contributed by atoms with van der Waals surface area (Å²) in [6.07, 6.45) is 0.875. The number of carboxylic acid groups (broad SMARTS) is 1. The largest absolute Gasteiger partial charge is 0.476 e. The average molecular weight is 229 g/mol. The quantitative estimate of drug-likeness (QED) is 0.582. The molecular weight excluding hydrogens is 218 g/mol. The third kappa shape index (κ3) is 2.54. The number of hydrogen-bond acceptors (Lipinski definition) is 5. The summed E-state index contributed by atoms with van der Waals surface area (Å²) < 4.78 is 6.14. The van der Waals surface area contributed by atoms with Gasteiger partial charge >= 0.3 is 11.7 Å². The molecular formula is C8H11N3O5. The Bertz CT molecular complexity index is 382. The van der Waals surface area contributed by atoms with Gasteiger partial charge in [-0.1, -0.05) is 0 Å². The summed E-state index contributed by atoms with van der Waals surface area (Å²) in [6.45, 7) is 2.00. The zero-order chi connectivity index (χ0) is 12.3. The van der Waals surface area contributed by atoms with Crippen molar-refractivity contribution in [3.63, 3.8) is 0 Å². The molecule has 0 amide bonds. The zero-order valence-electron chi connectivity index (χ0n) is 8.78. The number of rotatable bonds is 5. The molecule has 0 aliphatic heterocycles. The highest BCUT2D eigenvalue weighted by molar-refractivity contribution is 5.89. The van der Waals surface area contributed by atoms with Gasteiger partial charge in [-0.15, -0.1) is 0 Å². The fourth-order valence-electron chi connectivity index (χ4n) is 1.13. The smallest absolute Gasteiger partial charge is 0.363 e. The molecule has 0 aliphatic rings. The van der Waals surface area contributed by atoms with Gasteiger partial charge in [-0.05, 0) is 6.92 Å². The van der Waals surface area contributed by atoms with Crippen molar-refractivity contribution in [3.8, 4) is 0 Å². The van der Waals surface area contributed by atoms with E-state index in [1.165, 1.54) is 11.8 Å². The second kappa shape index (κ2) is 4.71. The van der Waals surface area contributed by atoms with Crippen molar-refractivity contribution in [3.05, 3.63) is 22.0 Å². The minimum Gasteiger partial charge on any atom is -0.476 e. The molecule has 1 atom stereocenters. The molecule has 0 spiro atoms. The maximum absolute atomic E-state index is 10.7. The summed E-state index contributed by atoms with van der Waals surface area (Å²) in [5.41, 5.74) is -1.08. The van der Waals surface area contributed by atoms with Crippen molar-refractivity contribution in [2.24, 2.45) is 0 Å². The first-order valence-electron chi connectivity index (χ1n) is 4.43. The van der Waals surface area contributed by atoms with Crippen LogP contribution in [-0.4, -0.2) is 39.0 Å². The Kier molecular flexibility index (Phi) is 3.56. The van der Waals surface area contributed by atoms with E-state index in [1.807, 2.05) is 0 Å². The van der Waals surface area contributed by atoms with Crippen LogP contribution in [0.1, 0.15) is 17.4 Å². The molecule has 0 fully saturated rings. The van der Waals surface area contributed by atoms with E-state index in [0.29, 0.717) is 0 Å². The summed E-state index contributed by atoms with van der Waals surface area (Å²) in [4.78, 5) is 20.5. The zero-order valence-corrected chi connectivity index (χ0v) is 8.78. The standard InChI is InChI=1S/C8H11N3O5/c1-5(16-2)3-10-4-6(11(14)15)7(9-10)8(12)13/h4-5H,3H2,1-2H3,(H,12,13). The molecule has 8 nitrogen and oxygen atoms in total. The normalized spacial score (nSPS) is 12.4. The van der Waals surface area contributed by atoms with E-state index < -0.39 is 22.3 Å². The lowest BCUT2D eigenvalue weighted by molar-refractivity contribution is -0.385. The number of methoxy groups -OCH3 is 1. The van der Waals surface area contributed by atoms with Gasteiger partial charge in [0.25, 0.3) is 0 Å². The predicted octanol–water partition coefficient (Wildman–Crippen LogP) is 0.524. The lowest BCUT2D eigenvalue weighted by Gasteiger charge is -2.07. The number of nitro groups is 1. The number of aromatic nitrogens is 2. The molecule has 1 aromatic heterocycles. The molecule has 0 aliphatic carbocycles. The average Bonchev–Trinajstić information content (AvgIpc) is 2.61. The van der Waals surface area contributed by atoms with E-state index in [2.05, 4.69) is 5.10 Å². The van der Waals surface area contributed by atoms with Crippen LogP contribution in [0.25, 0.3) is 0 Å². The molecule has 0 saturated carbocycles. The maximum atomic E-state index is 10.7. The second-order valence-electron chi connectivity index (χ2n) is 3.19.